The molecule has 0 spiro atoms. The summed E-state index contributed by atoms with van der Waals surface area (Å²) in [7, 11) is 1.52. The second kappa shape index (κ2) is 6.31. The molecule has 21 heavy (non-hydrogen) atoms. The van der Waals surface area contributed by atoms with Crippen LogP contribution in [0.1, 0.15) is 12.8 Å². The molecule has 2 N–H and O–H groups in total. The number of hydrogen-bond acceptors (Lipinski definition) is 3. The fraction of sp³-hybridized carbons (Fsp3) is 0.471. The van der Waals surface area contributed by atoms with Crippen molar-refractivity contribution in [1.29, 1.82) is 0 Å². The van der Waals surface area contributed by atoms with Gasteiger partial charge in [-0.1, -0.05) is 18.2 Å². The largest absolute Gasteiger partial charge is 0.385 e. The van der Waals surface area contributed by atoms with E-state index < -0.39 is 0 Å². The lowest BCUT2D eigenvalue weighted by Crippen LogP contribution is -2.19. The standard InChI is InChI=1S/C17H22N2O2/c1-21-11-17(20)19-16-4-2-3-15(9-16)18-10-14-8-12-5-6-13(14)7-12/h2-6,9,12-14,18H,7-8,10-11H2,1H3,(H,19,20). The van der Waals surface area contributed by atoms with Crippen molar-refractivity contribution in [1.82, 2.24) is 0 Å². The third kappa shape index (κ3) is 3.45. The Morgan fingerprint density at radius 3 is 2.86 bits per heavy atom. The number of methoxy groups -OCH3 is 1. The first-order valence-corrected chi connectivity index (χ1v) is 7.55. The first-order chi connectivity index (χ1) is 10.2. The van der Waals surface area contributed by atoms with Gasteiger partial charge in [-0.05, 0) is 48.8 Å². The Labute approximate surface area is 125 Å². The van der Waals surface area contributed by atoms with E-state index in [9.17, 15) is 4.79 Å². The van der Waals surface area contributed by atoms with E-state index in [1.807, 2.05) is 24.3 Å². The van der Waals surface area contributed by atoms with Crippen molar-refractivity contribution >= 4 is 17.3 Å². The van der Waals surface area contributed by atoms with Gasteiger partial charge in [0.05, 0.1) is 0 Å². The number of allylic oxidation sites excluding steroid dienone is 2. The number of benzene rings is 1. The highest BCUT2D eigenvalue weighted by Gasteiger charge is 2.35. The molecular formula is C17H22N2O2. The fourth-order valence-electron chi connectivity index (χ4n) is 3.41. The molecule has 2 aliphatic carbocycles. The van der Waals surface area contributed by atoms with Crippen molar-refractivity contribution < 1.29 is 9.53 Å². The summed E-state index contributed by atoms with van der Waals surface area (Å²) in [6.45, 7) is 1.08. The number of amides is 1. The van der Waals surface area contributed by atoms with Crippen LogP contribution in [0.2, 0.25) is 0 Å². The maximum Gasteiger partial charge on any atom is 0.250 e. The molecule has 1 aromatic carbocycles. The quantitative estimate of drug-likeness (QED) is 0.791. The Balaban J connectivity index is 1.53. The molecule has 0 saturated heterocycles. The predicted molar refractivity (Wildman–Crippen MR) is 84.3 cm³/mol. The lowest BCUT2D eigenvalue weighted by molar-refractivity contribution is -0.119. The van der Waals surface area contributed by atoms with Gasteiger partial charge in [0.1, 0.15) is 6.61 Å². The number of anilines is 2. The second-order valence-corrected chi connectivity index (χ2v) is 5.98. The number of rotatable bonds is 6. The Kier molecular flexibility index (Phi) is 4.25. The molecule has 4 nitrogen and oxygen atoms in total. The van der Waals surface area contributed by atoms with Crippen LogP contribution in [0, 0.1) is 17.8 Å². The molecule has 0 radical (unpaired) electrons. The average molecular weight is 286 g/mol. The van der Waals surface area contributed by atoms with Gasteiger partial charge in [-0.25, -0.2) is 0 Å². The Bertz CT molecular complexity index is 541. The fourth-order valence-corrected chi connectivity index (χ4v) is 3.41. The lowest BCUT2D eigenvalue weighted by atomic mass is 9.93. The molecule has 1 amide bonds. The monoisotopic (exact) mass is 286 g/mol. The van der Waals surface area contributed by atoms with Crippen molar-refractivity contribution in [2.45, 2.75) is 12.8 Å². The van der Waals surface area contributed by atoms with Gasteiger partial charge in [-0.15, -0.1) is 0 Å². The zero-order chi connectivity index (χ0) is 14.7. The summed E-state index contributed by atoms with van der Waals surface area (Å²) >= 11 is 0. The molecule has 2 aliphatic rings. The smallest absolute Gasteiger partial charge is 0.250 e. The molecule has 1 fully saturated rings. The Morgan fingerprint density at radius 1 is 1.29 bits per heavy atom. The summed E-state index contributed by atoms with van der Waals surface area (Å²) in [5.41, 5.74) is 1.85. The predicted octanol–water partition coefficient (Wildman–Crippen LogP) is 2.90. The zero-order valence-electron chi connectivity index (χ0n) is 12.3. The van der Waals surface area contributed by atoms with E-state index in [1.165, 1.54) is 20.0 Å². The van der Waals surface area contributed by atoms with Gasteiger partial charge in [0.25, 0.3) is 0 Å². The summed E-state index contributed by atoms with van der Waals surface area (Å²) in [6, 6.07) is 7.84. The molecule has 0 heterocycles. The number of nitrogens with one attached hydrogen (secondary N) is 2. The first kappa shape index (κ1) is 14.1. The van der Waals surface area contributed by atoms with Gasteiger partial charge >= 0.3 is 0 Å². The maximum absolute atomic E-state index is 11.5. The number of carbonyl (C=O) groups excluding carboxylic acids is 1. The third-order valence-corrected chi connectivity index (χ3v) is 4.41. The van der Waals surface area contributed by atoms with E-state index in [1.54, 1.807) is 0 Å². The van der Waals surface area contributed by atoms with E-state index in [0.29, 0.717) is 0 Å². The Morgan fingerprint density at radius 2 is 2.14 bits per heavy atom. The SMILES string of the molecule is COCC(=O)Nc1cccc(NCC2CC3C=CC2C3)c1. The molecule has 1 saturated carbocycles. The summed E-state index contributed by atoms with van der Waals surface area (Å²) in [6.07, 6.45) is 7.38. The Hall–Kier alpha value is -1.81. The van der Waals surface area contributed by atoms with Gasteiger partial charge in [0.2, 0.25) is 5.91 Å². The van der Waals surface area contributed by atoms with Crippen molar-refractivity contribution in [3.05, 3.63) is 36.4 Å². The van der Waals surface area contributed by atoms with E-state index >= 15 is 0 Å². The minimum absolute atomic E-state index is 0.0785. The van der Waals surface area contributed by atoms with Gasteiger partial charge in [0, 0.05) is 25.0 Å². The second-order valence-electron chi connectivity index (χ2n) is 5.98. The molecule has 3 rings (SSSR count). The van der Waals surface area contributed by atoms with Gasteiger partial charge in [-0.2, -0.15) is 0 Å². The number of ether oxygens (including phenoxy) is 1. The highest BCUT2D eigenvalue weighted by molar-refractivity contribution is 5.92. The van der Waals surface area contributed by atoms with Crippen molar-refractivity contribution in [3.8, 4) is 0 Å². The number of hydrogen-bond donors (Lipinski definition) is 2. The lowest BCUT2D eigenvalue weighted by Gasteiger charge is -2.19. The van der Waals surface area contributed by atoms with E-state index in [-0.39, 0.29) is 12.5 Å². The van der Waals surface area contributed by atoms with E-state index in [2.05, 4.69) is 22.8 Å². The van der Waals surface area contributed by atoms with Crippen molar-refractivity contribution in [2.75, 3.05) is 30.9 Å². The van der Waals surface area contributed by atoms with Gasteiger partial charge in [0.15, 0.2) is 0 Å². The normalized spacial score (nSPS) is 26.0. The van der Waals surface area contributed by atoms with Crippen LogP contribution in [0.4, 0.5) is 11.4 Å². The van der Waals surface area contributed by atoms with Crippen LogP contribution in [0.15, 0.2) is 36.4 Å². The summed E-state index contributed by atoms with van der Waals surface area (Å²) < 4.78 is 4.82. The van der Waals surface area contributed by atoms with Gasteiger partial charge in [-0.3, -0.25) is 4.79 Å². The van der Waals surface area contributed by atoms with Crippen LogP contribution in [0.25, 0.3) is 0 Å². The molecule has 1 aromatic rings. The summed E-state index contributed by atoms with van der Waals surface area (Å²) in [4.78, 5) is 11.5. The van der Waals surface area contributed by atoms with Crippen LogP contribution in [-0.2, 0) is 9.53 Å². The van der Waals surface area contributed by atoms with Crippen molar-refractivity contribution in [2.24, 2.45) is 17.8 Å². The third-order valence-electron chi connectivity index (χ3n) is 4.41. The topological polar surface area (TPSA) is 50.4 Å². The first-order valence-electron chi connectivity index (χ1n) is 7.55. The molecule has 3 unspecified atom stereocenters. The molecule has 2 bridgehead atoms. The summed E-state index contributed by atoms with van der Waals surface area (Å²) in [5, 5.41) is 6.32. The minimum Gasteiger partial charge on any atom is -0.385 e. The van der Waals surface area contributed by atoms with Crippen LogP contribution in [0.3, 0.4) is 0 Å². The number of fused-ring (bicyclic) bond motifs is 2. The van der Waals surface area contributed by atoms with E-state index in [0.717, 1.165) is 35.7 Å². The van der Waals surface area contributed by atoms with Crippen LogP contribution in [0.5, 0.6) is 0 Å². The summed E-state index contributed by atoms with van der Waals surface area (Å²) in [5.74, 6) is 2.17. The molecule has 4 heteroatoms. The highest BCUT2D eigenvalue weighted by atomic mass is 16.5. The number of carbonyl (C=O) groups is 1. The average Bonchev–Trinajstić information content (AvgIpc) is 3.08. The molecule has 112 valence electrons. The molecule has 3 atom stereocenters. The van der Waals surface area contributed by atoms with E-state index in [4.69, 9.17) is 4.74 Å². The molecule has 0 aliphatic heterocycles. The molecule has 0 aromatic heterocycles. The van der Waals surface area contributed by atoms with Crippen LogP contribution >= 0.6 is 0 Å². The van der Waals surface area contributed by atoms with Crippen LogP contribution < -0.4 is 10.6 Å². The van der Waals surface area contributed by atoms with Crippen LogP contribution in [-0.4, -0.2) is 26.2 Å². The molecular weight excluding hydrogens is 264 g/mol. The van der Waals surface area contributed by atoms with Gasteiger partial charge < -0.3 is 15.4 Å². The minimum atomic E-state index is -0.132. The maximum atomic E-state index is 11.5. The zero-order valence-corrected chi connectivity index (χ0v) is 12.3. The highest BCUT2D eigenvalue weighted by Crippen LogP contribution is 2.43. The van der Waals surface area contributed by atoms with Crippen molar-refractivity contribution in [3.63, 3.8) is 0 Å².